The molecule has 0 aliphatic heterocycles. The molecule has 0 fully saturated rings. The van der Waals surface area contributed by atoms with E-state index in [0.717, 1.165) is 43.4 Å². The SMILES string of the molecule is COc1ccc(OC)c(NC(=O)Cn2ccn3nc4c(c3c2=O)CCCCC4)c1. The molecule has 8 heteroatoms. The smallest absolute Gasteiger partial charge is 0.277 e. The Bertz CT molecular complexity index is 1120. The van der Waals surface area contributed by atoms with Gasteiger partial charge < -0.3 is 19.4 Å². The van der Waals surface area contributed by atoms with Crippen LogP contribution in [-0.2, 0) is 24.2 Å². The molecule has 152 valence electrons. The highest BCUT2D eigenvalue weighted by atomic mass is 16.5. The van der Waals surface area contributed by atoms with Crippen LogP contribution < -0.4 is 20.3 Å². The summed E-state index contributed by atoms with van der Waals surface area (Å²) in [6, 6.07) is 5.14. The lowest BCUT2D eigenvalue weighted by Crippen LogP contribution is -2.28. The standard InChI is InChI=1S/C21H24N4O4/c1-28-14-8-9-18(29-2)17(12-14)22-19(26)13-24-10-11-25-20(21(24)27)15-6-4-3-5-7-16(15)23-25/h8-12H,3-7,13H2,1-2H3,(H,22,26). The van der Waals surface area contributed by atoms with Crippen LogP contribution >= 0.6 is 0 Å². The fourth-order valence-electron chi connectivity index (χ4n) is 3.81. The summed E-state index contributed by atoms with van der Waals surface area (Å²) in [4.78, 5) is 25.7. The van der Waals surface area contributed by atoms with Crippen molar-refractivity contribution in [3.05, 3.63) is 52.2 Å². The van der Waals surface area contributed by atoms with Crippen LogP contribution in [0.25, 0.3) is 5.52 Å². The summed E-state index contributed by atoms with van der Waals surface area (Å²) in [5.41, 5.74) is 2.90. The largest absolute Gasteiger partial charge is 0.497 e. The molecule has 0 saturated carbocycles. The normalized spacial score (nSPS) is 13.6. The molecule has 0 bridgehead atoms. The third-order valence-electron chi connectivity index (χ3n) is 5.28. The van der Waals surface area contributed by atoms with Gasteiger partial charge in [0.15, 0.2) is 0 Å². The van der Waals surface area contributed by atoms with E-state index < -0.39 is 0 Å². The van der Waals surface area contributed by atoms with E-state index in [4.69, 9.17) is 9.47 Å². The predicted molar refractivity (Wildman–Crippen MR) is 109 cm³/mol. The van der Waals surface area contributed by atoms with Gasteiger partial charge in [-0.1, -0.05) is 6.42 Å². The molecule has 1 N–H and O–H groups in total. The third kappa shape index (κ3) is 3.70. The monoisotopic (exact) mass is 396 g/mol. The van der Waals surface area contributed by atoms with E-state index in [1.54, 1.807) is 42.2 Å². The van der Waals surface area contributed by atoms with Crippen molar-refractivity contribution in [2.24, 2.45) is 0 Å². The van der Waals surface area contributed by atoms with Crippen LogP contribution in [0.3, 0.4) is 0 Å². The van der Waals surface area contributed by atoms with Crippen molar-refractivity contribution < 1.29 is 14.3 Å². The Balaban J connectivity index is 1.61. The second kappa shape index (κ2) is 7.98. The van der Waals surface area contributed by atoms with Gasteiger partial charge in [-0.2, -0.15) is 5.10 Å². The van der Waals surface area contributed by atoms with Gasteiger partial charge in [0.05, 0.1) is 25.6 Å². The van der Waals surface area contributed by atoms with Gasteiger partial charge in [-0.25, -0.2) is 4.52 Å². The Labute approximate surface area is 168 Å². The number of fused-ring (bicyclic) bond motifs is 3. The van der Waals surface area contributed by atoms with Gasteiger partial charge in [-0.15, -0.1) is 0 Å². The quantitative estimate of drug-likeness (QED) is 0.670. The fourth-order valence-corrected chi connectivity index (χ4v) is 3.81. The number of amides is 1. The predicted octanol–water partition coefficient (Wildman–Crippen LogP) is 2.42. The first kappa shape index (κ1) is 19.0. The molecule has 0 saturated heterocycles. The van der Waals surface area contributed by atoms with E-state index in [0.29, 0.717) is 22.7 Å². The highest BCUT2D eigenvalue weighted by Gasteiger charge is 2.19. The van der Waals surface area contributed by atoms with Gasteiger partial charge in [0.25, 0.3) is 5.56 Å². The highest BCUT2D eigenvalue weighted by molar-refractivity contribution is 5.92. The minimum absolute atomic E-state index is 0.102. The van der Waals surface area contributed by atoms with Crippen molar-refractivity contribution in [1.82, 2.24) is 14.2 Å². The molecule has 2 heterocycles. The number of carbonyl (C=O) groups is 1. The lowest BCUT2D eigenvalue weighted by molar-refractivity contribution is -0.116. The average Bonchev–Trinajstić information content (AvgIpc) is 2.92. The van der Waals surface area contributed by atoms with E-state index >= 15 is 0 Å². The van der Waals surface area contributed by atoms with Crippen LogP contribution in [0.5, 0.6) is 11.5 Å². The van der Waals surface area contributed by atoms with E-state index in [2.05, 4.69) is 10.4 Å². The van der Waals surface area contributed by atoms with Gasteiger partial charge in [-0.05, 0) is 37.8 Å². The van der Waals surface area contributed by atoms with Crippen LogP contribution in [0.2, 0.25) is 0 Å². The summed E-state index contributed by atoms with van der Waals surface area (Å²) in [5.74, 6) is 0.790. The number of nitrogens with zero attached hydrogens (tertiary/aromatic N) is 3. The number of carbonyl (C=O) groups excluding carboxylic acids is 1. The van der Waals surface area contributed by atoms with Crippen LogP contribution in [0, 0.1) is 0 Å². The van der Waals surface area contributed by atoms with E-state index in [1.807, 2.05) is 0 Å². The van der Waals surface area contributed by atoms with E-state index in [1.165, 1.54) is 11.7 Å². The first-order valence-corrected chi connectivity index (χ1v) is 9.72. The summed E-state index contributed by atoms with van der Waals surface area (Å²) in [7, 11) is 3.08. The summed E-state index contributed by atoms with van der Waals surface area (Å²) in [6.07, 6.45) is 8.38. The van der Waals surface area contributed by atoms with E-state index in [-0.39, 0.29) is 18.0 Å². The lowest BCUT2D eigenvalue weighted by Gasteiger charge is -2.12. The van der Waals surface area contributed by atoms with Crippen LogP contribution in [0.1, 0.15) is 30.5 Å². The molecule has 1 amide bonds. The van der Waals surface area contributed by atoms with Gasteiger partial charge in [0, 0.05) is 24.0 Å². The van der Waals surface area contributed by atoms with Crippen LogP contribution in [0.15, 0.2) is 35.4 Å². The number of nitrogens with one attached hydrogen (secondary N) is 1. The van der Waals surface area contributed by atoms with Gasteiger partial charge in [-0.3, -0.25) is 9.59 Å². The van der Waals surface area contributed by atoms with Gasteiger partial charge in [0.2, 0.25) is 5.91 Å². The molecular weight excluding hydrogens is 372 g/mol. The van der Waals surface area contributed by atoms with Crippen molar-refractivity contribution in [3.63, 3.8) is 0 Å². The Morgan fingerprint density at radius 1 is 1.14 bits per heavy atom. The molecule has 0 unspecified atom stereocenters. The zero-order valence-electron chi connectivity index (χ0n) is 16.6. The van der Waals surface area contributed by atoms with Gasteiger partial charge >= 0.3 is 0 Å². The van der Waals surface area contributed by atoms with Crippen molar-refractivity contribution in [3.8, 4) is 11.5 Å². The average molecular weight is 396 g/mol. The molecule has 0 spiro atoms. The fraction of sp³-hybridized carbons (Fsp3) is 0.381. The number of ether oxygens (including phenoxy) is 2. The zero-order chi connectivity index (χ0) is 20.4. The first-order chi connectivity index (χ1) is 14.1. The Morgan fingerprint density at radius 3 is 2.76 bits per heavy atom. The minimum Gasteiger partial charge on any atom is -0.497 e. The van der Waals surface area contributed by atoms with Crippen molar-refractivity contribution >= 4 is 17.1 Å². The van der Waals surface area contributed by atoms with Gasteiger partial charge in [0.1, 0.15) is 23.6 Å². The number of anilines is 1. The summed E-state index contributed by atoms with van der Waals surface area (Å²) < 4.78 is 13.6. The lowest BCUT2D eigenvalue weighted by atomic mass is 10.1. The van der Waals surface area contributed by atoms with Crippen LogP contribution in [-0.4, -0.2) is 34.3 Å². The molecule has 0 radical (unpaired) electrons. The Hall–Kier alpha value is -3.29. The molecule has 2 aromatic heterocycles. The summed E-state index contributed by atoms with van der Waals surface area (Å²) in [6.45, 7) is -0.102. The number of aromatic nitrogens is 3. The summed E-state index contributed by atoms with van der Waals surface area (Å²) in [5, 5.41) is 7.38. The number of aryl methyl sites for hydroxylation is 2. The highest BCUT2D eigenvalue weighted by Crippen LogP contribution is 2.29. The Morgan fingerprint density at radius 2 is 1.97 bits per heavy atom. The number of hydrogen-bond donors (Lipinski definition) is 1. The van der Waals surface area contributed by atoms with Crippen molar-refractivity contribution in [1.29, 1.82) is 0 Å². The second-order valence-electron chi connectivity index (χ2n) is 7.12. The first-order valence-electron chi connectivity index (χ1n) is 9.72. The topological polar surface area (TPSA) is 86.9 Å². The number of benzene rings is 1. The molecule has 1 aromatic carbocycles. The molecular formula is C21H24N4O4. The molecule has 0 atom stereocenters. The maximum atomic E-state index is 13.1. The maximum absolute atomic E-state index is 13.1. The zero-order valence-corrected chi connectivity index (χ0v) is 16.6. The number of methoxy groups -OCH3 is 2. The number of hydrogen-bond acceptors (Lipinski definition) is 5. The van der Waals surface area contributed by atoms with E-state index in [9.17, 15) is 9.59 Å². The second-order valence-corrected chi connectivity index (χ2v) is 7.12. The maximum Gasteiger partial charge on any atom is 0.277 e. The van der Waals surface area contributed by atoms with Crippen molar-refractivity contribution in [2.45, 2.75) is 38.6 Å². The Kier molecular flexibility index (Phi) is 5.24. The summed E-state index contributed by atoms with van der Waals surface area (Å²) >= 11 is 0. The molecule has 3 aromatic rings. The molecule has 8 nitrogen and oxygen atoms in total. The van der Waals surface area contributed by atoms with Crippen molar-refractivity contribution in [2.75, 3.05) is 19.5 Å². The molecule has 29 heavy (non-hydrogen) atoms. The third-order valence-corrected chi connectivity index (χ3v) is 5.28. The number of rotatable bonds is 5. The molecule has 1 aliphatic rings. The minimum atomic E-state index is -0.325. The van der Waals surface area contributed by atoms with Crippen LogP contribution in [0.4, 0.5) is 5.69 Å². The molecule has 4 rings (SSSR count). The molecule has 1 aliphatic carbocycles.